The molecule has 0 saturated carbocycles. The SMILES string of the molecule is CP(C)C.CP(C)C.[Ni+2]. The van der Waals surface area contributed by atoms with E-state index in [-0.39, 0.29) is 16.5 Å². The van der Waals surface area contributed by atoms with Crippen LogP contribution in [-0.4, -0.2) is 40.0 Å². The molecule has 0 aliphatic carbocycles. The minimum Gasteiger partial charge on any atom is -0.116 e. The first-order valence-electron chi connectivity index (χ1n) is 2.68. The summed E-state index contributed by atoms with van der Waals surface area (Å²) in [7, 11) is 0.759. The van der Waals surface area contributed by atoms with E-state index >= 15 is 0 Å². The molecule has 0 bridgehead atoms. The molecular weight excluding hydrogens is 193 g/mol. The van der Waals surface area contributed by atoms with Gasteiger partial charge in [-0.15, -0.1) is 15.8 Å². The average Bonchev–Trinajstić information content (AvgIpc) is 1.25. The third-order valence-electron chi connectivity index (χ3n) is 0. The van der Waals surface area contributed by atoms with Crippen LogP contribution in [0.4, 0.5) is 0 Å². The van der Waals surface area contributed by atoms with E-state index in [2.05, 4.69) is 40.0 Å². The van der Waals surface area contributed by atoms with Gasteiger partial charge in [-0.25, -0.2) is 0 Å². The molecule has 0 fully saturated rings. The van der Waals surface area contributed by atoms with Gasteiger partial charge in [0.05, 0.1) is 0 Å². The summed E-state index contributed by atoms with van der Waals surface area (Å²) in [5.41, 5.74) is 0. The fourth-order valence-electron chi connectivity index (χ4n) is 0. The standard InChI is InChI=1S/2C3H9P.Ni/c2*1-4(2)3;/h2*1-3H3;/q;;+2. The molecule has 0 aromatic rings. The summed E-state index contributed by atoms with van der Waals surface area (Å²) in [6.45, 7) is 13.4. The van der Waals surface area contributed by atoms with Crippen LogP contribution >= 0.6 is 15.8 Å². The van der Waals surface area contributed by atoms with Crippen LogP contribution in [-0.2, 0) is 16.5 Å². The second-order valence-corrected chi connectivity index (χ2v) is 8.05. The van der Waals surface area contributed by atoms with Crippen molar-refractivity contribution in [1.29, 1.82) is 0 Å². The molecule has 0 unspecified atom stereocenters. The second kappa shape index (κ2) is 12.1. The zero-order valence-electron chi connectivity index (χ0n) is 7.21. The normalized spacial score (nSPS) is 8.00. The van der Waals surface area contributed by atoms with Crippen molar-refractivity contribution in [2.75, 3.05) is 40.0 Å². The van der Waals surface area contributed by atoms with Gasteiger partial charge in [0.1, 0.15) is 0 Å². The van der Waals surface area contributed by atoms with Crippen molar-refractivity contribution in [3.8, 4) is 0 Å². The summed E-state index contributed by atoms with van der Waals surface area (Å²) < 4.78 is 0. The van der Waals surface area contributed by atoms with Gasteiger partial charge < -0.3 is 0 Å². The first-order chi connectivity index (χ1) is 3.46. The maximum atomic E-state index is 2.23. The Morgan fingerprint density at radius 2 is 0.556 bits per heavy atom. The zero-order chi connectivity index (χ0) is 7.15. The Morgan fingerprint density at radius 3 is 0.556 bits per heavy atom. The maximum absolute atomic E-state index is 2.23. The third-order valence-corrected chi connectivity index (χ3v) is 0. The molecule has 0 aliphatic rings. The van der Waals surface area contributed by atoms with Crippen LogP contribution in [0.5, 0.6) is 0 Å². The second-order valence-electron chi connectivity index (χ2n) is 2.68. The van der Waals surface area contributed by atoms with Crippen LogP contribution in [0, 0.1) is 0 Å². The maximum Gasteiger partial charge on any atom is 2.00 e. The largest absolute Gasteiger partial charge is 2.00 e. The third kappa shape index (κ3) is 276. The first-order valence-corrected chi connectivity index (χ1v) is 8.05. The Morgan fingerprint density at radius 1 is 0.556 bits per heavy atom. The summed E-state index contributed by atoms with van der Waals surface area (Å²) >= 11 is 0. The molecule has 0 aliphatic heterocycles. The van der Waals surface area contributed by atoms with Crippen LogP contribution < -0.4 is 0 Å². The minimum atomic E-state index is 0. The predicted octanol–water partition coefficient (Wildman–Crippen LogP) is 2.71. The van der Waals surface area contributed by atoms with E-state index in [1.807, 2.05) is 0 Å². The molecule has 0 nitrogen and oxygen atoms in total. The van der Waals surface area contributed by atoms with Crippen molar-refractivity contribution in [3.05, 3.63) is 0 Å². The zero-order valence-corrected chi connectivity index (χ0v) is 9.99. The van der Waals surface area contributed by atoms with Crippen molar-refractivity contribution in [1.82, 2.24) is 0 Å². The van der Waals surface area contributed by atoms with Crippen LogP contribution in [0.3, 0.4) is 0 Å². The molecule has 3 heteroatoms. The molecule has 60 valence electrons. The van der Waals surface area contributed by atoms with Gasteiger partial charge in [-0.2, -0.15) is 0 Å². The molecule has 0 aromatic heterocycles. The van der Waals surface area contributed by atoms with E-state index in [0.717, 1.165) is 0 Å². The molecule has 0 heterocycles. The van der Waals surface area contributed by atoms with E-state index in [1.165, 1.54) is 0 Å². The van der Waals surface area contributed by atoms with Crippen molar-refractivity contribution >= 4 is 15.8 Å². The molecule has 9 heavy (non-hydrogen) atoms. The molecule has 0 N–H and O–H groups in total. The number of hydrogen-bond acceptors (Lipinski definition) is 0. The number of rotatable bonds is 0. The quantitative estimate of drug-likeness (QED) is 0.426. The monoisotopic (exact) mass is 210 g/mol. The summed E-state index contributed by atoms with van der Waals surface area (Å²) in [6, 6.07) is 0. The van der Waals surface area contributed by atoms with Crippen LogP contribution in [0.25, 0.3) is 0 Å². The van der Waals surface area contributed by atoms with Crippen LogP contribution in [0.15, 0.2) is 0 Å². The Hall–Kier alpha value is 1.35. The van der Waals surface area contributed by atoms with Gasteiger partial charge in [0, 0.05) is 0 Å². The van der Waals surface area contributed by atoms with Crippen LogP contribution in [0.1, 0.15) is 0 Å². The van der Waals surface area contributed by atoms with Gasteiger partial charge in [-0.05, 0) is 40.0 Å². The molecule has 0 saturated heterocycles. The predicted molar refractivity (Wildman–Crippen MR) is 49.4 cm³/mol. The van der Waals surface area contributed by atoms with Gasteiger partial charge >= 0.3 is 16.5 Å². The number of hydrogen-bond donors (Lipinski definition) is 0. The molecule has 0 amide bonds. The van der Waals surface area contributed by atoms with E-state index in [9.17, 15) is 0 Å². The Bertz CT molecular complexity index is 26.5. The Kier molecular flexibility index (Phi) is 22.5. The summed E-state index contributed by atoms with van der Waals surface area (Å²) in [4.78, 5) is 0. The van der Waals surface area contributed by atoms with Crippen molar-refractivity contribution < 1.29 is 16.5 Å². The molecule has 0 radical (unpaired) electrons. The van der Waals surface area contributed by atoms with Crippen molar-refractivity contribution in [2.24, 2.45) is 0 Å². The summed E-state index contributed by atoms with van der Waals surface area (Å²) in [6.07, 6.45) is 0. The fraction of sp³-hybridized carbons (Fsp3) is 1.00. The molecule has 0 aromatic carbocycles. The smallest absolute Gasteiger partial charge is 0.116 e. The Balaban J connectivity index is -0.0000000720. The van der Waals surface area contributed by atoms with E-state index in [0.29, 0.717) is 15.8 Å². The Labute approximate surface area is 72.6 Å². The van der Waals surface area contributed by atoms with E-state index < -0.39 is 0 Å². The summed E-state index contributed by atoms with van der Waals surface area (Å²) in [5, 5.41) is 0. The molecule has 0 atom stereocenters. The molecular formula is C6H18NiP2+2. The van der Waals surface area contributed by atoms with Crippen molar-refractivity contribution in [3.63, 3.8) is 0 Å². The van der Waals surface area contributed by atoms with Crippen molar-refractivity contribution in [2.45, 2.75) is 0 Å². The van der Waals surface area contributed by atoms with Gasteiger partial charge in [0.15, 0.2) is 0 Å². The first kappa shape index (κ1) is 16.8. The van der Waals surface area contributed by atoms with Gasteiger partial charge in [-0.3, -0.25) is 0 Å². The van der Waals surface area contributed by atoms with Crippen LogP contribution in [0.2, 0.25) is 0 Å². The minimum absolute atomic E-state index is 0. The summed E-state index contributed by atoms with van der Waals surface area (Å²) in [5.74, 6) is 0. The fourth-order valence-corrected chi connectivity index (χ4v) is 0. The molecule has 0 spiro atoms. The van der Waals surface area contributed by atoms with Gasteiger partial charge in [0.2, 0.25) is 0 Å². The molecule has 0 rings (SSSR count). The average molecular weight is 211 g/mol. The van der Waals surface area contributed by atoms with E-state index in [1.54, 1.807) is 0 Å². The van der Waals surface area contributed by atoms with Gasteiger partial charge in [0.25, 0.3) is 0 Å². The van der Waals surface area contributed by atoms with Gasteiger partial charge in [-0.1, -0.05) is 0 Å². The van der Waals surface area contributed by atoms with E-state index in [4.69, 9.17) is 0 Å². The topological polar surface area (TPSA) is 0 Å².